The molecule has 0 heterocycles. The van der Waals surface area contributed by atoms with Crippen LogP contribution in [0.1, 0.15) is 39.5 Å². The van der Waals surface area contributed by atoms with Crippen molar-refractivity contribution in [3.63, 3.8) is 0 Å². The van der Waals surface area contributed by atoms with Gasteiger partial charge in [-0.2, -0.15) is 0 Å². The van der Waals surface area contributed by atoms with Gasteiger partial charge < -0.3 is 4.90 Å². The van der Waals surface area contributed by atoms with Crippen LogP contribution in [-0.4, -0.2) is 28.7 Å². The summed E-state index contributed by atoms with van der Waals surface area (Å²) in [5, 5.41) is 0.826. The maximum atomic E-state index is 11.9. The SMILES string of the molecule is CN(C(=O)CC1CCC1)C(C)(C)CBr. The summed E-state index contributed by atoms with van der Waals surface area (Å²) in [5.41, 5.74) is -0.0686. The molecule has 0 saturated heterocycles. The number of hydrogen-bond acceptors (Lipinski definition) is 1. The van der Waals surface area contributed by atoms with Crippen molar-refractivity contribution in [2.24, 2.45) is 5.92 Å². The average Bonchev–Trinajstić information content (AvgIpc) is 2.09. The van der Waals surface area contributed by atoms with E-state index >= 15 is 0 Å². The number of carbonyl (C=O) groups excluding carboxylic acids is 1. The van der Waals surface area contributed by atoms with Crippen molar-refractivity contribution >= 4 is 21.8 Å². The molecule has 0 aromatic rings. The number of nitrogens with zero attached hydrogens (tertiary/aromatic N) is 1. The van der Waals surface area contributed by atoms with E-state index in [9.17, 15) is 4.79 Å². The molecule has 1 rings (SSSR count). The van der Waals surface area contributed by atoms with Gasteiger partial charge in [0.25, 0.3) is 0 Å². The number of rotatable bonds is 4. The number of amides is 1. The zero-order valence-corrected chi connectivity index (χ0v) is 10.9. The van der Waals surface area contributed by atoms with Gasteiger partial charge in [0.15, 0.2) is 0 Å². The first-order valence-electron chi connectivity index (χ1n) is 5.30. The maximum absolute atomic E-state index is 11.9. The summed E-state index contributed by atoms with van der Waals surface area (Å²) in [4.78, 5) is 13.7. The Bertz CT molecular complexity index is 211. The Hall–Kier alpha value is -0.0500. The van der Waals surface area contributed by atoms with Gasteiger partial charge in [0.1, 0.15) is 0 Å². The molecule has 1 aliphatic rings. The normalized spacial score (nSPS) is 17.7. The van der Waals surface area contributed by atoms with Crippen molar-refractivity contribution in [1.82, 2.24) is 4.90 Å². The van der Waals surface area contributed by atoms with Crippen molar-refractivity contribution in [1.29, 1.82) is 0 Å². The molecule has 0 aromatic heterocycles. The Morgan fingerprint density at radius 2 is 2.07 bits per heavy atom. The standard InChI is InChI=1S/C11H20BrNO/c1-11(2,8-12)13(3)10(14)7-9-5-4-6-9/h9H,4-8H2,1-3H3. The Morgan fingerprint density at radius 1 is 1.50 bits per heavy atom. The van der Waals surface area contributed by atoms with E-state index in [0.29, 0.717) is 11.8 Å². The lowest BCUT2D eigenvalue weighted by Gasteiger charge is -2.36. The second-order valence-electron chi connectivity index (χ2n) is 4.90. The van der Waals surface area contributed by atoms with Gasteiger partial charge in [-0.25, -0.2) is 0 Å². The summed E-state index contributed by atoms with van der Waals surface area (Å²) < 4.78 is 0. The zero-order chi connectivity index (χ0) is 10.8. The van der Waals surface area contributed by atoms with E-state index in [0.717, 1.165) is 11.8 Å². The fraction of sp³-hybridized carbons (Fsp3) is 0.909. The van der Waals surface area contributed by atoms with E-state index < -0.39 is 0 Å². The molecular weight excluding hydrogens is 242 g/mol. The van der Waals surface area contributed by atoms with Crippen LogP contribution in [0.2, 0.25) is 0 Å². The molecule has 14 heavy (non-hydrogen) atoms. The number of carbonyl (C=O) groups is 1. The van der Waals surface area contributed by atoms with Crippen LogP contribution in [-0.2, 0) is 4.79 Å². The quantitative estimate of drug-likeness (QED) is 0.713. The van der Waals surface area contributed by atoms with Gasteiger partial charge in [0.05, 0.1) is 0 Å². The predicted octanol–water partition coefficient (Wildman–Crippen LogP) is 2.81. The van der Waals surface area contributed by atoms with Gasteiger partial charge in [-0.1, -0.05) is 22.4 Å². The summed E-state index contributed by atoms with van der Waals surface area (Å²) in [6.45, 7) is 4.17. The van der Waals surface area contributed by atoms with E-state index in [4.69, 9.17) is 0 Å². The smallest absolute Gasteiger partial charge is 0.223 e. The molecule has 0 spiro atoms. The number of hydrogen-bond donors (Lipinski definition) is 0. The molecule has 0 radical (unpaired) electrons. The second kappa shape index (κ2) is 4.65. The third-order valence-electron chi connectivity index (χ3n) is 3.30. The molecule has 0 N–H and O–H groups in total. The molecule has 1 aliphatic carbocycles. The Labute approximate surface area is 95.2 Å². The monoisotopic (exact) mass is 261 g/mol. The number of alkyl halides is 1. The largest absolute Gasteiger partial charge is 0.340 e. The van der Waals surface area contributed by atoms with Gasteiger partial charge in [0.2, 0.25) is 5.91 Å². The van der Waals surface area contributed by atoms with E-state index in [2.05, 4.69) is 29.8 Å². The van der Waals surface area contributed by atoms with Crippen LogP contribution in [0.25, 0.3) is 0 Å². The van der Waals surface area contributed by atoms with E-state index in [-0.39, 0.29) is 5.54 Å². The lowest BCUT2D eigenvalue weighted by molar-refractivity contribution is -0.135. The molecule has 2 nitrogen and oxygen atoms in total. The van der Waals surface area contributed by atoms with Crippen molar-refractivity contribution in [3.05, 3.63) is 0 Å². The Kier molecular flexibility index (Phi) is 3.99. The molecule has 3 heteroatoms. The third-order valence-corrected chi connectivity index (χ3v) is 4.67. The van der Waals surface area contributed by atoms with Crippen molar-refractivity contribution in [2.45, 2.75) is 45.1 Å². The predicted molar refractivity (Wildman–Crippen MR) is 62.6 cm³/mol. The molecule has 1 saturated carbocycles. The molecule has 0 aromatic carbocycles. The summed E-state index contributed by atoms with van der Waals surface area (Å²) in [7, 11) is 1.91. The lowest BCUT2D eigenvalue weighted by Crippen LogP contribution is -2.47. The van der Waals surface area contributed by atoms with Crippen LogP contribution in [0, 0.1) is 5.92 Å². The maximum Gasteiger partial charge on any atom is 0.223 e. The molecular formula is C11H20BrNO. The van der Waals surface area contributed by atoms with Crippen molar-refractivity contribution in [2.75, 3.05) is 12.4 Å². The first-order chi connectivity index (χ1) is 6.47. The Morgan fingerprint density at radius 3 is 2.43 bits per heavy atom. The zero-order valence-electron chi connectivity index (χ0n) is 9.35. The van der Waals surface area contributed by atoms with Gasteiger partial charge in [-0.05, 0) is 32.6 Å². The summed E-state index contributed by atoms with van der Waals surface area (Å²) in [6.07, 6.45) is 4.54. The topological polar surface area (TPSA) is 20.3 Å². The lowest BCUT2D eigenvalue weighted by atomic mass is 9.82. The molecule has 1 fully saturated rings. The van der Waals surface area contributed by atoms with Crippen LogP contribution in [0.15, 0.2) is 0 Å². The minimum Gasteiger partial charge on any atom is -0.340 e. The molecule has 82 valence electrons. The molecule has 0 unspecified atom stereocenters. The summed E-state index contributed by atoms with van der Waals surface area (Å²) >= 11 is 3.44. The molecule has 0 atom stereocenters. The molecule has 1 amide bonds. The minimum absolute atomic E-state index is 0.0686. The summed E-state index contributed by atoms with van der Waals surface area (Å²) in [6, 6.07) is 0. The van der Waals surface area contributed by atoms with Crippen LogP contribution in [0.5, 0.6) is 0 Å². The highest BCUT2D eigenvalue weighted by atomic mass is 79.9. The van der Waals surface area contributed by atoms with Crippen LogP contribution < -0.4 is 0 Å². The number of halogens is 1. The van der Waals surface area contributed by atoms with Gasteiger partial charge in [0, 0.05) is 24.3 Å². The summed E-state index contributed by atoms with van der Waals surface area (Å²) in [5.74, 6) is 0.954. The van der Waals surface area contributed by atoms with Gasteiger partial charge in [-0.3, -0.25) is 4.79 Å². The van der Waals surface area contributed by atoms with E-state index in [1.54, 1.807) is 0 Å². The second-order valence-corrected chi connectivity index (χ2v) is 5.46. The minimum atomic E-state index is -0.0686. The fourth-order valence-corrected chi connectivity index (χ4v) is 1.88. The first kappa shape index (κ1) is 12.0. The fourth-order valence-electron chi connectivity index (χ4n) is 1.51. The third kappa shape index (κ3) is 2.72. The van der Waals surface area contributed by atoms with E-state index in [1.165, 1.54) is 19.3 Å². The first-order valence-corrected chi connectivity index (χ1v) is 6.42. The molecule has 0 bridgehead atoms. The van der Waals surface area contributed by atoms with Gasteiger partial charge in [-0.15, -0.1) is 0 Å². The van der Waals surface area contributed by atoms with Crippen molar-refractivity contribution in [3.8, 4) is 0 Å². The van der Waals surface area contributed by atoms with Gasteiger partial charge >= 0.3 is 0 Å². The molecule has 0 aliphatic heterocycles. The Balaban J connectivity index is 2.42. The highest BCUT2D eigenvalue weighted by molar-refractivity contribution is 9.09. The van der Waals surface area contributed by atoms with Crippen molar-refractivity contribution < 1.29 is 4.79 Å². The average molecular weight is 262 g/mol. The highest BCUT2D eigenvalue weighted by Gasteiger charge is 2.29. The van der Waals surface area contributed by atoms with Crippen LogP contribution in [0.3, 0.4) is 0 Å². The van der Waals surface area contributed by atoms with E-state index in [1.807, 2.05) is 11.9 Å². The van der Waals surface area contributed by atoms with Crippen LogP contribution in [0.4, 0.5) is 0 Å². The van der Waals surface area contributed by atoms with Crippen LogP contribution >= 0.6 is 15.9 Å². The highest BCUT2D eigenvalue weighted by Crippen LogP contribution is 2.30.